The van der Waals surface area contributed by atoms with Crippen LogP contribution in [0.15, 0.2) is 22.7 Å². The standard InChI is InChI=1S/C15H20BrClO3/c1-18-7-8-20-15-5-4-11(9-13(15)16)14(17)10-12-3-2-6-19-12/h4-5,9,12,14H,2-3,6-8,10H2,1H3. The molecule has 2 rings (SSSR count). The van der Waals surface area contributed by atoms with Gasteiger partial charge in [-0.25, -0.2) is 0 Å². The molecule has 1 aliphatic rings. The average Bonchev–Trinajstić information content (AvgIpc) is 2.93. The second-order valence-electron chi connectivity index (χ2n) is 4.87. The van der Waals surface area contributed by atoms with E-state index in [1.807, 2.05) is 18.2 Å². The summed E-state index contributed by atoms with van der Waals surface area (Å²) in [7, 11) is 1.66. The molecule has 0 amide bonds. The number of benzene rings is 1. The van der Waals surface area contributed by atoms with Crippen LogP contribution in [0.5, 0.6) is 5.75 Å². The Hall–Kier alpha value is -0.290. The topological polar surface area (TPSA) is 27.7 Å². The highest BCUT2D eigenvalue weighted by molar-refractivity contribution is 9.10. The van der Waals surface area contributed by atoms with Crippen LogP contribution in [0.4, 0.5) is 0 Å². The van der Waals surface area contributed by atoms with Crippen molar-refractivity contribution in [2.24, 2.45) is 0 Å². The third-order valence-electron chi connectivity index (χ3n) is 3.36. The molecular formula is C15H20BrClO3. The molecule has 0 N–H and O–H groups in total. The van der Waals surface area contributed by atoms with Crippen LogP contribution in [0.2, 0.25) is 0 Å². The van der Waals surface area contributed by atoms with Crippen molar-refractivity contribution in [3.8, 4) is 5.75 Å². The average molecular weight is 364 g/mol. The molecule has 5 heteroatoms. The van der Waals surface area contributed by atoms with Crippen molar-refractivity contribution in [2.45, 2.75) is 30.7 Å². The van der Waals surface area contributed by atoms with E-state index in [1.54, 1.807) is 7.11 Å². The molecule has 2 unspecified atom stereocenters. The Balaban J connectivity index is 1.92. The van der Waals surface area contributed by atoms with Crippen molar-refractivity contribution in [2.75, 3.05) is 26.9 Å². The van der Waals surface area contributed by atoms with Gasteiger partial charge in [0.25, 0.3) is 0 Å². The van der Waals surface area contributed by atoms with E-state index in [-0.39, 0.29) is 5.38 Å². The first-order valence-corrected chi connectivity index (χ1v) is 8.10. The van der Waals surface area contributed by atoms with Crippen molar-refractivity contribution < 1.29 is 14.2 Å². The normalized spacial score (nSPS) is 20.1. The lowest BCUT2D eigenvalue weighted by Gasteiger charge is -2.16. The van der Waals surface area contributed by atoms with E-state index in [4.69, 9.17) is 25.8 Å². The minimum atomic E-state index is -0.0255. The Morgan fingerprint density at radius 1 is 1.45 bits per heavy atom. The SMILES string of the molecule is COCCOc1ccc(C(Cl)CC2CCCO2)cc1Br. The van der Waals surface area contributed by atoms with Crippen molar-refractivity contribution >= 4 is 27.5 Å². The summed E-state index contributed by atoms with van der Waals surface area (Å²) < 4.78 is 17.1. The molecule has 0 radical (unpaired) electrons. The molecule has 1 heterocycles. The number of methoxy groups -OCH3 is 1. The van der Waals surface area contributed by atoms with Crippen LogP contribution in [-0.4, -0.2) is 33.0 Å². The lowest BCUT2D eigenvalue weighted by molar-refractivity contribution is 0.103. The van der Waals surface area contributed by atoms with Gasteiger partial charge in [-0.3, -0.25) is 0 Å². The van der Waals surface area contributed by atoms with E-state index < -0.39 is 0 Å². The maximum absolute atomic E-state index is 6.48. The van der Waals surface area contributed by atoms with E-state index in [9.17, 15) is 0 Å². The maximum atomic E-state index is 6.48. The summed E-state index contributed by atoms with van der Waals surface area (Å²) in [6.45, 7) is 1.98. The quantitative estimate of drug-likeness (QED) is 0.533. The van der Waals surface area contributed by atoms with Gasteiger partial charge in [-0.15, -0.1) is 11.6 Å². The second kappa shape index (κ2) is 8.23. The Morgan fingerprint density at radius 2 is 2.30 bits per heavy atom. The van der Waals surface area contributed by atoms with Crippen LogP contribution in [0.3, 0.4) is 0 Å². The van der Waals surface area contributed by atoms with Gasteiger partial charge >= 0.3 is 0 Å². The van der Waals surface area contributed by atoms with Crippen LogP contribution < -0.4 is 4.74 Å². The van der Waals surface area contributed by atoms with Crippen molar-refractivity contribution in [3.05, 3.63) is 28.2 Å². The minimum Gasteiger partial charge on any atom is -0.490 e. The molecule has 0 spiro atoms. The molecule has 1 aliphatic heterocycles. The van der Waals surface area contributed by atoms with Gasteiger partial charge < -0.3 is 14.2 Å². The largest absolute Gasteiger partial charge is 0.490 e. The first kappa shape index (κ1) is 16.1. The number of ether oxygens (including phenoxy) is 3. The van der Waals surface area contributed by atoms with E-state index in [1.165, 1.54) is 0 Å². The summed E-state index contributed by atoms with van der Waals surface area (Å²) in [6, 6.07) is 5.98. The van der Waals surface area contributed by atoms with Gasteiger partial charge in [0.1, 0.15) is 12.4 Å². The summed E-state index contributed by atoms with van der Waals surface area (Å²) in [5.74, 6) is 0.812. The summed E-state index contributed by atoms with van der Waals surface area (Å²) in [5, 5.41) is -0.0255. The molecule has 2 atom stereocenters. The van der Waals surface area contributed by atoms with Gasteiger partial charge in [0.15, 0.2) is 0 Å². The van der Waals surface area contributed by atoms with Crippen LogP contribution in [0.1, 0.15) is 30.2 Å². The molecule has 1 saturated heterocycles. The molecule has 0 aliphatic carbocycles. The summed E-state index contributed by atoms with van der Waals surface area (Å²) in [5.41, 5.74) is 1.09. The fraction of sp³-hybridized carbons (Fsp3) is 0.600. The Labute approximate surface area is 133 Å². The van der Waals surface area contributed by atoms with Gasteiger partial charge in [-0.2, -0.15) is 0 Å². The molecule has 0 bridgehead atoms. The lowest BCUT2D eigenvalue weighted by Crippen LogP contribution is -2.08. The number of halogens is 2. The van der Waals surface area contributed by atoms with Crippen LogP contribution in [0.25, 0.3) is 0 Å². The first-order valence-electron chi connectivity index (χ1n) is 6.87. The number of alkyl halides is 1. The third kappa shape index (κ3) is 4.62. The number of hydrogen-bond acceptors (Lipinski definition) is 3. The zero-order chi connectivity index (χ0) is 14.4. The molecule has 20 heavy (non-hydrogen) atoms. The maximum Gasteiger partial charge on any atom is 0.133 e. The highest BCUT2D eigenvalue weighted by Crippen LogP contribution is 2.34. The van der Waals surface area contributed by atoms with Crippen molar-refractivity contribution in [3.63, 3.8) is 0 Å². The zero-order valence-corrected chi connectivity index (χ0v) is 14.0. The van der Waals surface area contributed by atoms with Crippen LogP contribution in [-0.2, 0) is 9.47 Å². The molecule has 0 aromatic heterocycles. The molecule has 3 nitrogen and oxygen atoms in total. The minimum absolute atomic E-state index is 0.0255. The van der Waals surface area contributed by atoms with Gasteiger partial charge in [-0.05, 0) is 52.9 Å². The van der Waals surface area contributed by atoms with Crippen LogP contribution in [0, 0.1) is 0 Å². The number of rotatable bonds is 7. The fourth-order valence-electron chi connectivity index (χ4n) is 2.26. The number of hydrogen-bond donors (Lipinski definition) is 0. The molecular weight excluding hydrogens is 344 g/mol. The van der Waals surface area contributed by atoms with E-state index in [0.717, 1.165) is 41.7 Å². The highest BCUT2D eigenvalue weighted by atomic mass is 79.9. The fourth-order valence-corrected chi connectivity index (χ4v) is 3.11. The van der Waals surface area contributed by atoms with Crippen LogP contribution >= 0.6 is 27.5 Å². The predicted molar refractivity (Wildman–Crippen MR) is 83.7 cm³/mol. The Kier molecular flexibility index (Phi) is 6.62. The molecule has 112 valence electrons. The lowest BCUT2D eigenvalue weighted by atomic mass is 10.0. The monoisotopic (exact) mass is 362 g/mol. The molecule has 1 aromatic rings. The zero-order valence-electron chi connectivity index (χ0n) is 11.6. The van der Waals surface area contributed by atoms with Gasteiger partial charge in [0, 0.05) is 13.7 Å². The van der Waals surface area contributed by atoms with E-state index in [0.29, 0.717) is 19.3 Å². The highest BCUT2D eigenvalue weighted by Gasteiger charge is 2.21. The van der Waals surface area contributed by atoms with E-state index in [2.05, 4.69) is 15.9 Å². The summed E-state index contributed by atoms with van der Waals surface area (Å²) >= 11 is 10.0. The van der Waals surface area contributed by atoms with Gasteiger partial charge in [0.2, 0.25) is 0 Å². The Bertz CT molecular complexity index is 422. The smallest absolute Gasteiger partial charge is 0.133 e. The van der Waals surface area contributed by atoms with Crippen molar-refractivity contribution in [1.82, 2.24) is 0 Å². The summed E-state index contributed by atoms with van der Waals surface area (Å²) in [4.78, 5) is 0. The molecule has 1 fully saturated rings. The molecule has 1 aromatic carbocycles. The predicted octanol–water partition coefficient (Wildman–Crippen LogP) is 4.32. The van der Waals surface area contributed by atoms with Gasteiger partial charge in [0.05, 0.1) is 22.6 Å². The third-order valence-corrected chi connectivity index (χ3v) is 4.41. The summed E-state index contributed by atoms with van der Waals surface area (Å²) in [6.07, 6.45) is 3.42. The molecule has 0 saturated carbocycles. The Morgan fingerprint density at radius 3 is 2.95 bits per heavy atom. The first-order chi connectivity index (χ1) is 9.70. The second-order valence-corrected chi connectivity index (χ2v) is 6.25. The van der Waals surface area contributed by atoms with Crippen molar-refractivity contribution in [1.29, 1.82) is 0 Å². The van der Waals surface area contributed by atoms with E-state index >= 15 is 0 Å². The van der Waals surface area contributed by atoms with Gasteiger partial charge in [-0.1, -0.05) is 6.07 Å².